The second-order valence-electron chi connectivity index (χ2n) is 5.17. The second kappa shape index (κ2) is 7.88. The van der Waals surface area contributed by atoms with Gasteiger partial charge in [-0.15, -0.1) is 11.3 Å². The molecule has 0 fully saturated rings. The van der Waals surface area contributed by atoms with Crippen LogP contribution in [-0.4, -0.2) is 32.1 Å². The summed E-state index contributed by atoms with van der Waals surface area (Å²) in [5, 5.41) is 2.62. The first-order valence-electron chi connectivity index (χ1n) is 7.68. The largest absolute Gasteiger partial charge is 0.493 e. The lowest BCUT2D eigenvalue weighted by Crippen LogP contribution is -2.00. The van der Waals surface area contributed by atoms with Gasteiger partial charge < -0.3 is 18.6 Å². The maximum Gasteiger partial charge on any atom is 0.203 e. The average Bonchev–Trinajstić information content (AvgIpc) is 3.36. The Hall–Kier alpha value is -3.06. The van der Waals surface area contributed by atoms with E-state index in [9.17, 15) is 4.79 Å². The van der Waals surface area contributed by atoms with Crippen LogP contribution in [0.5, 0.6) is 17.2 Å². The van der Waals surface area contributed by atoms with Crippen LogP contribution in [0.25, 0.3) is 16.8 Å². The number of allylic oxidation sites excluding steroid dienone is 1. The highest BCUT2D eigenvalue weighted by molar-refractivity contribution is 7.13. The summed E-state index contributed by atoms with van der Waals surface area (Å²) in [5.74, 6) is 1.80. The maximum atomic E-state index is 12.5. The first-order chi connectivity index (χ1) is 12.7. The molecule has 0 spiro atoms. The zero-order valence-electron chi connectivity index (χ0n) is 14.5. The van der Waals surface area contributed by atoms with E-state index in [1.165, 1.54) is 38.7 Å². The van der Waals surface area contributed by atoms with Gasteiger partial charge in [-0.25, -0.2) is 4.98 Å². The molecule has 0 bridgehead atoms. The highest BCUT2D eigenvalue weighted by Gasteiger charge is 2.16. The Morgan fingerprint density at radius 3 is 2.46 bits per heavy atom. The molecule has 3 aromatic rings. The van der Waals surface area contributed by atoms with Crippen molar-refractivity contribution in [3.05, 3.63) is 53.2 Å². The van der Waals surface area contributed by atoms with Gasteiger partial charge in [-0.2, -0.15) is 0 Å². The Morgan fingerprint density at radius 1 is 1.15 bits per heavy atom. The summed E-state index contributed by atoms with van der Waals surface area (Å²) in [7, 11) is 4.53. The van der Waals surface area contributed by atoms with Crippen molar-refractivity contribution in [1.29, 1.82) is 0 Å². The smallest absolute Gasteiger partial charge is 0.203 e. The Labute approximate surface area is 154 Å². The zero-order valence-corrected chi connectivity index (χ0v) is 15.3. The molecule has 6 nitrogen and oxygen atoms in total. The van der Waals surface area contributed by atoms with E-state index in [0.29, 0.717) is 34.3 Å². The molecule has 0 saturated carbocycles. The van der Waals surface area contributed by atoms with Crippen LogP contribution in [0.4, 0.5) is 0 Å². The molecular formula is C19H17NO5S. The normalized spacial score (nSPS) is 10.9. The molecule has 0 aliphatic heterocycles. The van der Waals surface area contributed by atoms with Crippen LogP contribution in [0.1, 0.15) is 16.1 Å². The van der Waals surface area contributed by atoms with E-state index in [1.807, 2.05) is 11.4 Å². The number of furan rings is 1. The number of carbonyl (C=O) groups excluding carboxylic acids is 1. The van der Waals surface area contributed by atoms with Crippen LogP contribution >= 0.6 is 11.3 Å². The molecule has 0 atom stereocenters. The number of nitrogens with zero attached hydrogens (tertiary/aromatic N) is 1. The molecule has 0 aliphatic rings. The van der Waals surface area contributed by atoms with Gasteiger partial charge in [-0.05, 0) is 36.4 Å². The van der Waals surface area contributed by atoms with E-state index in [2.05, 4.69) is 4.98 Å². The maximum absolute atomic E-state index is 12.5. The number of aromatic nitrogens is 1. The SMILES string of the molecule is COc1cc(C(=O)/C=C\c2csc(-c3ccco3)n2)cc(OC)c1OC. The van der Waals surface area contributed by atoms with Crippen molar-refractivity contribution in [3.63, 3.8) is 0 Å². The highest BCUT2D eigenvalue weighted by atomic mass is 32.1. The molecule has 1 aromatic carbocycles. The lowest BCUT2D eigenvalue weighted by molar-refractivity contribution is 0.104. The number of thiazole rings is 1. The minimum Gasteiger partial charge on any atom is -0.493 e. The number of ether oxygens (including phenoxy) is 3. The summed E-state index contributed by atoms with van der Waals surface area (Å²) in [6, 6.07) is 6.88. The number of hydrogen-bond donors (Lipinski definition) is 0. The van der Waals surface area contributed by atoms with Gasteiger partial charge in [-0.1, -0.05) is 0 Å². The molecule has 0 aliphatic carbocycles. The van der Waals surface area contributed by atoms with Crippen LogP contribution in [-0.2, 0) is 0 Å². The van der Waals surface area contributed by atoms with Crippen LogP contribution in [0, 0.1) is 0 Å². The van der Waals surface area contributed by atoms with E-state index >= 15 is 0 Å². The van der Waals surface area contributed by atoms with Crippen molar-refractivity contribution in [3.8, 4) is 28.0 Å². The lowest BCUT2D eigenvalue weighted by atomic mass is 10.1. The molecule has 2 aromatic heterocycles. The summed E-state index contributed by atoms with van der Waals surface area (Å²) >= 11 is 1.45. The molecule has 0 radical (unpaired) electrons. The van der Waals surface area contributed by atoms with Crippen molar-refractivity contribution < 1.29 is 23.4 Å². The van der Waals surface area contributed by atoms with Crippen molar-refractivity contribution in [2.24, 2.45) is 0 Å². The summed E-state index contributed by atoms with van der Waals surface area (Å²) in [6.45, 7) is 0. The molecular weight excluding hydrogens is 354 g/mol. The van der Waals surface area contributed by atoms with Gasteiger partial charge in [0, 0.05) is 10.9 Å². The summed E-state index contributed by atoms with van der Waals surface area (Å²) in [5.41, 5.74) is 1.11. The Morgan fingerprint density at radius 2 is 1.88 bits per heavy atom. The van der Waals surface area contributed by atoms with Crippen molar-refractivity contribution >= 4 is 23.2 Å². The van der Waals surface area contributed by atoms with Gasteiger partial charge in [0.05, 0.1) is 33.3 Å². The first-order valence-corrected chi connectivity index (χ1v) is 8.56. The highest BCUT2D eigenvalue weighted by Crippen LogP contribution is 2.38. The zero-order chi connectivity index (χ0) is 18.5. The predicted molar refractivity (Wildman–Crippen MR) is 99.3 cm³/mol. The Balaban J connectivity index is 1.82. The number of hydrogen-bond acceptors (Lipinski definition) is 7. The van der Waals surface area contributed by atoms with Crippen molar-refractivity contribution in [2.45, 2.75) is 0 Å². The molecule has 3 rings (SSSR count). The van der Waals surface area contributed by atoms with Gasteiger partial charge in [0.1, 0.15) is 0 Å². The average molecular weight is 371 g/mol. The summed E-state index contributed by atoms with van der Waals surface area (Å²) < 4.78 is 21.1. The van der Waals surface area contributed by atoms with Gasteiger partial charge >= 0.3 is 0 Å². The van der Waals surface area contributed by atoms with Gasteiger partial charge in [0.25, 0.3) is 0 Å². The molecule has 26 heavy (non-hydrogen) atoms. The quantitative estimate of drug-likeness (QED) is 0.455. The number of ketones is 1. The fourth-order valence-corrected chi connectivity index (χ4v) is 3.11. The molecule has 0 amide bonds. The van der Waals surface area contributed by atoms with E-state index in [1.54, 1.807) is 30.5 Å². The Bertz CT molecular complexity index is 902. The monoisotopic (exact) mass is 371 g/mol. The predicted octanol–water partition coefficient (Wildman–Crippen LogP) is 4.33. The minimum absolute atomic E-state index is 0.197. The fraction of sp³-hybridized carbons (Fsp3) is 0.158. The van der Waals surface area contributed by atoms with E-state index < -0.39 is 0 Å². The van der Waals surface area contributed by atoms with E-state index in [-0.39, 0.29) is 5.78 Å². The molecule has 0 unspecified atom stereocenters. The third-order valence-electron chi connectivity index (χ3n) is 3.61. The third kappa shape index (κ3) is 3.62. The molecule has 134 valence electrons. The topological polar surface area (TPSA) is 70.8 Å². The van der Waals surface area contributed by atoms with Crippen LogP contribution in [0.15, 0.2) is 46.4 Å². The Kier molecular flexibility index (Phi) is 5.38. The van der Waals surface area contributed by atoms with Crippen LogP contribution in [0.2, 0.25) is 0 Å². The third-order valence-corrected chi connectivity index (χ3v) is 4.48. The van der Waals surface area contributed by atoms with Gasteiger partial charge in [-0.3, -0.25) is 4.79 Å². The second-order valence-corrected chi connectivity index (χ2v) is 6.02. The summed E-state index contributed by atoms with van der Waals surface area (Å²) in [4.78, 5) is 16.9. The summed E-state index contributed by atoms with van der Waals surface area (Å²) in [6.07, 6.45) is 4.72. The molecule has 7 heteroatoms. The number of benzene rings is 1. The molecule has 2 heterocycles. The fourth-order valence-electron chi connectivity index (χ4n) is 2.36. The van der Waals surface area contributed by atoms with Crippen LogP contribution < -0.4 is 14.2 Å². The minimum atomic E-state index is -0.197. The van der Waals surface area contributed by atoms with Gasteiger partial charge in [0.2, 0.25) is 5.75 Å². The first kappa shape index (κ1) is 17.8. The number of methoxy groups -OCH3 is 3. The van der Waals surface area contributed by atoms with E-state index in [4.69, 9.17) is 18.6 Å². The lowest BCUT2D eigenvalue weighted by Gasteiger charge is -2.13. The molecule has 0 saturated heterocycles. The van der Waals surface area contributed by atoms with Crippen LogP contribution in [0.3, 0.4) is 0 Å². The number of carbonyl (C=O) groups is 1. The van der Waals surface area contributed by atoms with Crippen molar-refractivity contribution in [1.82, 2.24) is 4.98 Å². The standard InChI is InChI=1S/C19H17NO5S/c1-22-16-9-12(10-17(23-2)18(16)24-3)14(21)7-6-13-11-26-19(20-13)15-5-4-8-25-15/h4-11H,1-3H3/b7-6-. The number of rotatable bonds is 7. The van der Waals surface area contributed by atoms with Crippen molar-refractivity contribution in [2.75, 3.05) is 21.3 Å². The molecule has 0 N–H and O–H groups in total. The van der Waals surface area contributed by atoms with E-state index in [0.717, 1.165) is 5.01 Å². The van der Waals surface area contributed by atoms with Gasteiger partial charge in [0.15, 0.2) is 28.1 Å².